The molecule has 0 aromatic heterocycles. The van der Waals surface area contributed by atoms with E-state index in [0.29, 0.717) is 17.4 Å². The van der Waals surface area contributed by atoms with Crippen LogP contribution < -0.4 is 5.11 Å². The molecule has 0 bridgehead atoms. The number of esters is 2. The maximum atomic E-state index is 12.7. The molecule has 0 heterocycles. The largest absolute Gasteiger partial charge is 0.545 e. The predicted molar refractivity (Wildman–Crippen MR) is 228 cm³/mol. The van der Waals surface area contributed by atoms with Crippen molar-refractivity contribution in [2.75, 3.05) is 47.5 Å². The fourth-order valence-corrected chi connectivity index (χ4v) is 5.90. The molecule has 2 atom stereocenters. The van der Waals surface area contributed by atoms with E-state index in [1.54, 1.807) is 0 Å². The summed E-state index contributed by atoms with van der Waals surface area (Å²) in [7, 11) is 5.88. The Morgan fingerprint density at radius 2 is 1.02 bits per heavy atom. The van der Waals surface area contributed by atoms with Crippen LogP contribution in [0.4, 0.5) is 0 Å². The number of rotatable bonds is 40. The first-order valence-electron chi connectivity index (χ1n) is 22.3. The van der Waals surface area contributed by atoms with Gasteiger partial charge >= 0.3 is 11.9 Å². The summed E-state index contributed by atoms with van der Waals surface area (Å²) in [5.41, 5.74) is 0. The highest BCUT2D eigenvalue weighted by Crippen LogP contribution is 2.15. The summed E-state index contributed by atoms with van der Waals surface area (Å²) in [5.74, 6) is -2.39. The predicted octanol–water partition coefficient (Wildman–Crippen LogP) is 10.3. The summed E-state index contributed by atoms with van der Waals surface area (Å²) in [6.07, 6.45) is 41.7. The van der Waals surface area contributed by atoms with Crippen molar-refractivity contribution in [3.63, 3.8) is 0 Å². The highest BCUT2D eigenvalue weighted by molar-refractivity contribution is 5.70. The molecule has 0 fully saturated rings. The zero-order chi connectivity index (χ0) is 41.4. The van der Waals surface area contributed by atoms with E-state index in [1.165, 1.54) is 96.3 Å². The third kappa shape index (κ3) is 39.5. The maximum Gasteiger partial charge on any atom is 0.306 e. The van der Waals surface area contributed by atoms with E-state index < -0.39 is 24.3 Å². The molecule has 2 unspecified atom stereocenters. The summed E-state index contributed by atoms with van der Waals surface area (Å²) < 4.78 is 22.4. The van der Waals surface area contributed by atoms with Crippen LogP contribution in [-0.4, -0.2) is 82.3 Å². The molecule has 0 aromatic rings. The van der Waals surface area contributed by atoms with Crippen LogP contribution in [0.1, 0.15) is 174 Å². The number of nitrogens with zero attached hydrogens (tertiary/aromatic N) is 1. The lowest BCUT2D eigenvalue weighted by Gasteiger charge is -2.26. The normalized spacial score (nSPS) is 13.4. The smallest absolute Gasteiger partial charge is 0.306 e. The van der Waals surface area contributed by atoms with E-state index in [1.807, 2.05) is 33.3 Å². The standard InChI is InChI=1S/C47H83NO8/c1-6-8-10-12-14-16-18-20-21-22-23-24-26-27-29-31-33-35-37-44(49)54-41-43(42-55-47(46(51)52)53-40-39-48(3,4)5)56-45(50)38-36-34-32-30-28-25-19-17-15-13-11-9-7-2/h9,11,15,17,25,28,32,34,43,47H,6-8,10,12-14,16,18-24,26-27,29-31,33,35-42H2,1-5H3/b11-9-,17-15-,28-25-,34-32-. The lowest BCUT2D eigenvalue weighted by molar-refractivity contribution is -0.870. The van der Waals surface area contributed by atoms with Gasteiger partial charge in [-0.2, -0.15) is 0 Å². The number of aliphatic carboxylic acids is 1. The van der Waals surface area contributed by atoms with Crippen molar-refractivity contribution >= 4 is 17.9 Å². The molecule has 0 aliphatic heterocycles. The molecule has 0 saturated carbocycles. The number of carboxylic acids is 1. The molecule has 0 amide bonds. The molecule has 0 aliphatic carbocycles. The van der Waals surface area contributed by atoms with Gasteiger partial charge in [-0.25, -0.2) is 0 Å². The van der Waals surface area contributed by atoms with Gasteiger partial charge in [-0.3, -0.25) is 9.59 Å². The summed E-state index contributed by atoms with van der Waals surface area (Å²) >= 11 is 0. The lowest BCUT2D eigenvalue weighted by atomic mass is 10.0. The Morgan fingerprint density at radius 1 is 0.554 bits per heavy atom. The molecule has 0 aliphatic rings. The second kappa shape index (κ2) is 39.1. The van der Waals surface area contributed by atoms with Gasteiger partial charge in [0.15, 0.2) is 12.4 Å². The Bertz CT molecular complexity index is 1060. The molecule has 324 valence electrons. The minimum atomic E-state index is -1.64. The molecule has 56 heavy (non-hydrogen) atoms. The molecule has 0 aromatic carbocycles. The number of allylic oxidation sites excluding steroid dienone is 8. The molecule has 0 saturated heterocycles. The first kappa shape index (κ1) is 53.2. The number of carbonyl (C=O) groups excluding carboxylic acids is 3. The number of unbranched alkanes of at least 4 members (excludes halogenated alkanes) is 17. The van der Waals surface area contributed by atoms with Gasteiger partial charge in [0, 0.05) is 12.8 Å². The Labute approximate surface area is 342 Å². The number of quaternary nitrogens is 1. The van der Waals surface area contributed by atoms with Crippen LogP contribution >= 0.6 is 0 Å². The molecule has 0 spiro atoms. The van der Waals surface area contributed by atoms with Crippen LogP contribution in [0.2, 0.25) is 0 Å². The van der Waals surface area contributed by atoms with Gasteiger partial charge in [0.2, 0.25) is 0 Å². The van der Waals surface area contributed by atoms with Crippen molar-refractivity contribution in [1.29, 1.82) is 0 Å². The van der Waals surface area contributed by atoms with Crippen molar-refractivity contribution in [3.8, 4) is 0 Å². The average molecular weight is 790 g/mol. The van der Waals surface area contributed by atoms with Crippen molar-refractivity contribution < 1.29 is 42.9 Å². The van der Waals surface area contributed by atoms with E-state index >= 15 is 0 Å². The maximum absolute atomic E-state index is 12.7. The quantitative estimate of drug-likeness (QED) is 0.0198. The minimum absolute atomic E-state index is 0.127. The lowest BCUT2D eigenvalue weighted by Crippen LogP contribution is -2.44. The Kier molecular flexibility index (Phi) is 37.2. The van der Waals surface area contributed by atoms with Crippen LogP contribution in [0.3, 0.4) is 0 Å². The summed E-state index contributed by atoms with van der Waals surface area (Å²) in [4.78, 5) is 36.9. The van der Waals surface area contributed by atoms with Crippen molar-refractivity contribution in [2.24, 2.45) is 0 Å². The fourth-order valence-electron chi connectivity index (χ4n) is 5.90. The third-order valence-corrected chi connectivity index (χ3v) is 9.35. The van der Waals surface area contributed by atoms with E-state index in [0.717, 1.165) is 44.9 Å². The first-order valence-corrected chi connectivity index (χ1v) is 22.3. The third-order valence-electron chi connectivity index (χ3n) is 9.35. The highest BCUT2D eigenvalue weighted by Gasteiger charge is 2.21. The zero-order valence-corrected chi connectivity index (χ0v) is 36.5. The van der Waals surface area contributed by atoms with Crippen molar-refractivity contribution in [1.82, 2.24) is 0 Å². The highest BCUT2D eigenvalue weighted by atomic mass is 16.7. The van der Waals surface area contributed by atoms with Gasteiger partial charge in [-0.15, -0.1) is 0 Å². The van der Waals surface area contributed by atoms with Crippen LogP contribution in [-0.2, 0) is 33.3 Å². The Morgan fingerprint density at radius 3 is 1.48 bits per heavy atom. The van der Waals surface area contributed by atoms with Crippen LogP contribution in [0.5, 0.6) is 0 Å². The number of likely N-dealkylation sites (N-methyl/N-ethyl adjacent to an activating group) is 1. The molecular formula is C47H83NO8. The molecular weight excluding hydrogens is 707 g/mol. The average Bonchev–Trinajstić information content (AvgIpc) is 3.15. The van der Waals surface area contributed by atoms with Gasteiger partial charge in [0.25, 0.3) is 0 Å². The number of hydrogen-bond acceptors (Lipinski definition) is 8. The van der Waals surface area contributed by atoms with E-state index in [9.17, 15) is 19.5 Å². The SMILES string of the molecule is CC/C=C\C/C=C\C/C=C\C/C=C\CCC(=O)OC(COC(=O)CCCCCCCCCCCCCCCCCCCC)COC(OCC[N+](C)(C)C)C(=O)[O-]. The minimum Gasteiger partial charge on any atom is -0.545 e. The molecule has 0 N–H and O–H groups in total. The molecule has 0 radical (unpaired) electrons. The summed E-state index contributed by atoms with van der Waals surface area (Å²) in [6.45, 7) is 4.54. The van der Waals surface area contributed by atoms with Crippen molar-refractivity contribution in [3.05, 3.63) is 48.6 Å². The van der Waals surface area contributed by atoms with Gasteiger partial charge < -0.3 is 33.3 Å². The van der Waals surface area contributed by atoms with Gasteiger partial charge in [0.05, 0.1) is 40.3 Å². The fraction of sp³-hybridized carbons (Fsp3) is 0.766. The summed E-state index contributed by atoms with van der Waals surface area (Å²) in [5, 5.41) is 11.7. The van der Waals surface area contributed by atoms with Crippen LogP contribution in [0, 0.1) is 0 Å². The number of carboxylic acid groups (broad SMARTS) is 1. The van der Waals surface area contributed by atoms with Crippen molar-refractivity contribution in [2.45, 2.75) is 187 Å². The first-order chi connectivity index (χ1) is 27.1. The Hall–Kier alpha value is -2.75. The van der Waals surface area contributed by atoms with E-state index in [2.05, 4.69) is 50.3 Å². The van der Waals surface area contributed by atoms with Gasteiger partial charge in [-0.1, -0.05) is 172 Å². The van der Waals surface area contributed by atoms with E-state index in [-0.39, 0.29) is 38.6 Å². The number of carbonyl (C=O) groups is 3. The van der Waals surface area contributed by atoms with Gasteiger partial charge in [0.1, 0.15) is 13.2 Å². The van der Waals surface area contributed by atoms with Crippen LogP contribution in [0.25, 0.3) is 0 Å². The Balaban J connectivity index is 4.47. The monoisotopic (exact) mass is 790 g/mol. The summed E-state index contributed by atoms with van der Waals surface area (Å²) in [6, 6.07) is 0. The molecule has 0 rings (SSSR count). The topological polar surface area (TPSA) is 111 Å². The van der Waals surface area contributed by atoms with Crippen LogP contribution in [0.15, 0.2) is 48.6 Å². The second-order valence-corrected chi connectivity index (χ2v) is 16.0. The number of hydrogen-bond donors (Lipinski definition) is 0. The molecule has 9 heteroatoms. The van der Waals surface area contributed by atoms with E-state index in [4.69, 9.17) is 18.9 Å². The molecule has 9 nitrogen and oxygen atoms in total. The second-order valence-electron chi connectivity index (χ2n) is 16.0. The van der Waals surface area contributed by atoms with Gasteiger partial charge in [-0.05, 0) is 38.5 Å². The zero-order valence-electron chi connectivity index (χ0n) is 36.5. The number of ether oxygens (including phenoxy) is 4.